The van der Waals surface area contributed by atoms with Gasteiger partial charge in [-0.2, -0.15) is 5.10 Å². The number of fused-ring (bicyclic) bond motifs is 1. The fourth-order valence-corrected chi connectivity index (χ4v) is 5.09. The predicted molar refractivity (Wildman–Crippen MR) is 138 cm³/mol. The Morgan fingerprint density at radius 2 is 1.91 bits per heavy atom. The molecule has 7 heteroatoms. The van der Waals surface area contributed by atoms with Gasteiger partial charge in [-0.15, -0.1) is 11.3 Å². The maximum absolute atomic E-state index is 13.4. The molecule has 0 aliphatic carbocycles. The highest BCUT2D eigenvalue weighted by molar-refractivity contribution is 7.10. The molecule has 3 aromatic carbocycles. The first-order valence-electron chi connectivity index (χ1n) is 11.4. The average Bonchev–Trinajstić information content (AvgIpc) is 3.58. The molecule has 0 spiro atoms. The summed E-state index contributed by atoms with van der Waals surface area (Å²) in [6.07, 6.45) is 1.37. The van der Waals surface area contributed by atoms with Gasteiger partial charge in [0.1, 0.15) is 6.29 Å². The van der Waals surface area contributed by atoms with Crippen LogP contribution in [0, 0.1) is 0 Å². The van der Waals surface area contributed by atoms with Crippen LogP contribution in [-0.2, 0) is 4.79 Å². The molecule has 1 aromatic heterocycles. The molecule has 0 saturated heterocycles. The van der Waals surface area contributed by atoms with E-state index in [4.69, 9.17) is 14.6 Å². The second-order valence-corrected chi connectivity index (χ2v) is 9.07. The number of amides is 1. The smallest absolute Gasteiger partial charge is 0.281 e. The van der Waals surface area contributed by atoms with Crippen LogP contribution in [-0.4, -0.2) is 36.1 Å². The van der Waals surface area contributed by atoms with Crippen LogP contribution in [0.4, 0.5) is 0 Å². The van der Waals surface area contributed by atoms with Crippen LogP contribution in [0.15, 0.2) is 83.3 Å². The monoisotopic (exact) mass is 484 g/mol. The fraction of sp³-hybridized carbons (Fsp3) is 0.179. The highest BCUT2D eigenvalue weighted by Gasteiger charge is 2.34. The third-order valence-corrected chi connectivity index (χ3v) is 6.87. The lowest BCUT2D eigenvalue weighted by molar-refractivity contribution is -0.135. The molecular weight excluding hydrogens is 460 g/mol. The Kier molecular flexibility index (Phi) is 6.59. The van der Waals surface area contributed by atoms with Gasteiger partial charge in [0, 0.05) is 22.4 Å². The van der Waals surface area contributed by atoms with E-state index in [2.05, 4.69) is 24.3 Å². The lowest BCUT2D eigenvalue weighted by Gasteiger charge is -2.21. The third kappa shape index (κ3) is 4.68. The Labute approximate surface area is 207 Å². The molecule has 6 nitrogen and oxygen atoms in total. The summed E-state index contributed by atoms with van der Waals surface area (Å²) in [5, 5.41) is 10.6. The van der Waals surface area contributed by atoms with Gasteiger partial charge in [-0.25, -0.2) is 5.01 Å². The summed E-state index contributed by atoms with van der Waals surface area (Å²) in [6, 6.07) is 23.1. The zero-order valence-electron chi connectivity index (χ0n) is 19.2. The number of hydrazone groups is 1. The van der Waals surface area contributed by atoms with Crippen molar-refractivity contribution in [2.45, 2.75) is 19.4 Å². The van der Waals surface area contributed by atoms with E-state index in [0.29, 0.717) is 30.1 Å². The second-order valence-electron chi connectivity index (χ2n) is 8.09. The molecule has 0 fully saturated rings. The zero-order chi connectivity index (χ0) is 24.2. The van der Waals surface area contributed by atoms with Gasteiger partial charge < -0.3 is 9.47 Å². The summed E-state index contributed by atoms with van der Waals surface area (Å²) in [5.74, 6) is 0.595. The quantitative estimate of drug-likeness (QED) is 0.293. The summed E-state index contributed by atoms with van der Waals surface area (Å²) >= 11 is 1.61. The summed E-state index contributed by atoms with van der Waals surface area (Å²) in [6.45, 7) is 2.06. The van der Waals surface area contributed by atoms with E-state index in [1.807, 2.05) is 42.6 Å². The predicted octanol–water partition coefficient (Wildman–Crippen LogP) is 5.87. The van der Waals surface area contributed by atoms with Gasteiger partial charge >= 0.3 is 0 Å². The van der Waals surface area contributed by atoms with Crippen molar-refractivity contribution in [3.8, 4) is 11.5 Å². The number of carbonyl (C=O) groups excluding carboxylic acids is 2. The van der Waals surface area contributed by atoms with Gasteiger partial charge in [0.2, 0.25) is 0 Å². The average molecular weight is 485 g/mol. The van der Waals surface area contributed by atoms with Crippen LogP contribution >= 0.6 is 11.3 Å². The van der Waals surface area contributed by atoms with Gasteiger partial charge in [0.05, 0.1) is 18.4 Å². The molecule has 1 amide bonds. The van der Waals surface area contributed by atoms with Gasteiger partial charge in [-0.1, -0.05) is 48.5 Å². The van der Waals surface area contributed by atoms with Crippen molar-refractivity contribution < 1.29 is 19.1 Å². The number of carbonyl (C=O) groups is 2. The summed E-state index contributed by atoms with van der Waals surface area (Å²) in [4.78, 5) is 25.6. The topological polar surface area (TPSA) is 68.2 Å². The lowest BCUT2D eigenvalue weighted by atomic mass is 9.97. The molecule has 0 bridgehead atoms. The second kappa shape index (κ2) is 10.1. The number of hydrogen-bond acceptors (Lipinski definition) is 6. The minimum Gasteiger partial charge on any atom is -0.490 e. The van der Waals surface area contributed by atoms with Crippen molar-refractivity contribution >= 4 is 40.0 Å². The minimum atomic E-state index is -0.249. The standard InChI is InChI=1S/C28H24N2O4S/c1-2-33-26-15-19(17-31)12-13-25(26)34-18-28(32)30-24(27-11-6-14-35-27)16-23(29-30)22-10-5-8-20-7-3-4-9-21(20)22/h3-15,17,24H,2,16,18H2,1H3. The summed E-state index contributed by atoms with van der Waals surface area (Å²) in [5.41, 5.74) is 2.39. The SMILES string of the molecule is CCOc1cc(C=O)ccc1OCC(=O)N1N=C(c2cccc3ccccc23)CC1c1cccs1. The maximum Gasteiger partial charge on any atom is 0.281 e. The van der Waals surface area contributed by atoms with E-state index in [0.717, 1.165) is 33.2 Å². The number of thiophene rings is 1. The molecule has 4 aromatic rings. The van der Waals surface area contributed by atoms with E-state index in [1.165, 1.54) is 0 Å². The molecule has 5 rings (SSSR count). The first-order valence-corrected chi connectivity index (χ1v) is 12.3. The van der Waals surface area contributed by atoms with Gasteiger partial charge in [-0.3, -0.25) is 9.59 Å². The van der Waals surface area contributed by atoms with E-state index in [9.17, 15) is 9.59 Å². The van der Waals surface area contributed by atoms with Gasteiger partial charge in [0.15, 0.2) is 18.1 Å². The van der Waals surface area contributed by atoms with Gasteiger partial charge in [-0.05, 0) is 47.3 Å². The Bertz CT molecular complexity index is 1390. The van der Waals surface area contributed by atoms with Crippen LogP contribution < -0.4 is 9.47 Å². The van der Waals surface area contributed by atoms with Crippen LogP contribution in [0.5, 0.6) is 11.5 Å². The van der Waals surface area contributed by atoms with Crippen LogP contribution in [0.3, 0.4) is 0 Å². The van der Waals surface area contributed by atoms with E-state index < -0.39 is 0 Å². The Hall–Kier alpha value is -3.97. The largest absolute Gasteiger partial charge is 0.490 e. The van der Waals surface area contributed by atoms with Crippen molar-refractivity contribution in [2.75, 3.05) is 13.2 Å². The summed E-state index contributed by atoms with van der Waals surface area (Å²) in [7, 11) is 0. The molecular formula is C28H24N2O4S. The minimum absolute atomic E-state index is 0.191. The number of ether oxygens (including phenoxy) is 2. The molecule has 176 valence electrons. The molecule has 0 N–H and O–H groups in total. The first-order chi connectivity index (χ1) is 17.2. The highest BCUT2D eigenvalue weighted by atomic mass is 32.1. The van der Waals surface area contributed by atoms with Gasteiger partial charge in [0.25, 0.3) is 5.91 Å². The molecule has 1 aliphatic heterocycles. The molecule has 0 saturated carbocycles. The molecule has 1 atom stereocenters. The molecule has 2 heterocycles. The maximum atomic E-state index is 13.4. The molecule has 35 heavy (non-hydrogen) atoms. The van der Waals surface area contributed by atoms with E-state index >= 15 is 0 Å². The number of nitrogens with zero attached hydrogens (tertiary/aromatic N) is 2. The Morgan fingerprint density at radius 3 is 2.71 bits per heavy atom. The lowest BCUT2D eigenvalue weighted by Crippen LogP contribution is -2.31. The van der Waals surface area contributed by atoms with E-state index in [1.54, 1.807) is 34.5 Å². The van der Waals surface area contributed by atoms with Crippen molar-refractivity contribution in [1.82, 2.24) is 5.01 Å². The number of hydrogen-bond donors (Lipinski definition) is 0. The van der Waals surface area contributed by atoms with Crippen molar-refractivity contribution in [3.63, 3.8) is 0 Å². The first kappa shape index (κ1) is 22.8. The van der Waals surface area contributed by atoms with Crippen molar-refractivity contribution in [1.29, 1.82) is 0 Å². The molecule has 0 radical (unpaired) electrons. The molecule has 1 unspecified atom stereocenters. The molecule has 1 aliphatic rings. The van der Waals surface area contributed by atoms with Crippen LogP contribution in [0.25, 0.3) is 10.8 Å². The van der Waals surface area contributed by atoms with E-state index in [-0.39, 0.29) is 18.6 Å². The van der Waals surface area contributed by atoms with Crippen LogP contribution in [0.2, 0.25) is 0 Å². The van der Waals surface area contributed by atoms with Crippen molar-refractivity contribution in [2.24, 2.45) is 5.10 Å². The Morgan fingerprint density at radius 1 is 1.06 bits per heavy atom. The Balaban J connectivity index is 1.43. The third-order valence-electron chi connectivity index (χ3n) is 5.89. The van der Waals surface area contributed by atoms with Crippen molar-refractivity contribution in [3.05, 3.63) is 94.2 Å². The summed E-state index contributed by atoms with van der Waals surface area (Å²) < 4.78 is 11.4. The fourth-order valence-electron chi connectivity index (χ4n) is 4.27. The number of aldehydes is 1. The zero-order valence-corrected chi connectivity index (χ0v) is 20.0. The number of rotatable bonds is 8. The highest BCUT2D eigenvalue weighted by Crippen LogP contribution is 2.37. The normalized spacial score (nSPS) is 15.2. The number of benzene rings is 3. The van der Waals surface area contributed by atoms with Crippen LogP contribution in [0.1, 0.15) is 40.2 Å².